The van der Waals surface area contributed by atoms with E-state index in [4.69, 9.17) is 0 Å². The molecule has 0 N–H and O–H groups in total. The molecule has 0 unspecified atom stereocenters. The molecule has 0 nitrogen and oxygen atoms in total. The van der Waals surface area contributed by atoms with E-state index in [1.165, 1.54) is 0 Å². The Labute approximate surface area is 151 Å². The molecule has 4 aromatic rings. The van der Waals surface area contributed by atoms with Crippen LogP contribution in [0, 0.1) is 42.9 Å². The molecule has 0 saturated heterocycles. The fourth-order valence-electron chi connectivity index (χ4n) is 3.48. The molecule has 0 heterocycles. The summed E-state index contributed by atoms with van der Waals surface area (Å²) in [6, 6.07) is 12.8. The number of benzene rings is 4. The number of halogens is 5. The van der Waals surface area contributed by atoms with Gasteiger partial charge in [-0.1, -0.05) is 30.3 Å². The molecule has 0 aliphatic heterocycles. The Morgan fingerprint density at radius 2 is 1.07 bits per heavy atom. The van der Waals surface area contributed by atoms with Crippen LogP contribution < -0.4 is 0 Å². The van der Waals surface area contributed by atoms with Crippen LogP contribution >= 0.6 is 0 Å². The van der Waals surface area contributed by atoms with Gasteiger partial charge in [0.05, 0.1) is 5.56 Å². The van der Waals surface area contributed by atoms with Crippen LogP contribution in [0.15, 0.2) is 42.5 Å². The third-order valence-corrected chi connectivity index (χ3v) is 4.99. The normalized spacial score (nSPS) is 11.5. The molecule has 0 radical (unpaired) electrons. The van der Waals surface area contributed by atoms with E-state index in [1.54, 1.807) is 19.9 Å². The van der Waals surface area contributed by atoms with Gasteiger partial charge < -0.3 is 0 Å². The van der Waals surface area contributed by atoms with Crippen molar-refractivity contribution in [1.82, 2.24) is 0 Å². The van der Waals surface area contributed by atoms with Crippen LogP contribution in [0.3, 0.4) is 0 Å². The van der Waals surface area contributed by atoms with E-state index in [0.29, 0.717) is 21.9 Å². The second-order valence-electron chi connectivity index (χ2n) is 6.56. The number of rotatable bonds is 1. The van der Waals surface area contributed by atoms with Gasteiger partial charge in [-0.25, -0.2) is 22.0 Å². The fourth-order valence-corrected chi connectivity index (χ4v) is 3.48. The molecule has 0 fully saturated rings. The fraction of sp³-hybridized carbons (Fsp3) is 0.0909. The molecule has 0 atom stereocenters. The van der Waals surface area contributed by atoms with Gasteiger partial charge in [0, 0.05) is 0 Å². The van der Waals surface area contributed by atoms with Crippen LogP contribution in [0.4, 0.5) is 22.0 Å². The van der Waals surface area contributed by atoms with Gasteiger partial charge >= 0.3 is 0 Å². The van der Waals surface area contributed by atoms with E-state index >= 15 is 0 Å². The third kappa shape index (κ3) is 2.49. The molecule has 0 saturated carbocycles. The van der Waals surface area contributed by atoms with Crippen molar-refractivity contribution in [3.8, 4) is 11.1 Å². The SMILES string of the molecule is Cc1cc2cc3ccccc3cc2c(-c2c(F)c(F)c(F)c(F)c2F)c1C. The van der Waals surface area contributed by atoms with E-state index in [1.807, 2.05) is 36.4 Å². The first kappa shape index (κ1) is 17.5. The van der Waals surface area contributed by atoms with Crippen molar-refractivity contribution in [2.75, 3.05) is 0 Å². The molecule has 0 aromatic heterocycles. The monoisotopic (exact) mass is 372 g/mol. The average Bonchev–Trinajstić information content (AvgIpc) is 2.66. The molecule has 5 heteroatoms. The summed E-state index contributed by atoms with van der Waals surface area (Å²) in [6.45, 7) is 3.34. The molecule has 0 bridgehead atoms. The van der Waals surface area contributed by atoms with E-state index in [-0.39, 0.29) is 5.56 Å². The first-order chi connectivity index (χ1) is 12.8. The van der Waals surface area contributed by atoms with Gasteiger partial charge in [-0.3, -0.25) is 0 Å². The lowest BCUT2D eigenvalue weighted by Gasteiger charge is -2.17. The molecule has 0 amide bonds. The highest BCUT2D eigenvalue weighted by Gasteiger charge is 2.28. The minimum Gasteiger partial charge on any atom is -0.203 e. The quantitative estimate of drug-likeness (QED) is 0.146. The average molecular weight is 372 g/mol. The maximum atomic E-state index is 14.5. The summed E-state index contributed by atoms with van der Waals surface area (Å²) in [7, 11) is 0. The summed E-state index contributed by atoms with van der Waals surface area (Å²) in [4.78, 5) is 0. The molecular weight excluding hydrogens is 359 g/mol. The van der Waals surface area contributed by atoms with Crippen molar-refractivity contribution in [1.29, 1.82) is 0 Å². The number of fused-ring (bicyclic) bond motifs is 2. The lowest BCUT2D eigenvalue weighted by molar-refractivity contribution is 0.381. The van der Waals surface area contributed by atoms with Crippen molar-refractivity contribution >= 4 is 21.5 Å². The van der Waals surface area contributed by atoms with Crippen molar-refractivity contribution in [2.24, 2.45) is 0 Å². The highest BCUT2D eigenvalue weighted by atomic mass is 19.2. The van der Waals surface area contributed by atoms with E-state index < -0.39 is 34.6 Å². The van der Waals surface area contributed by atoms with Crippen molar-refractivity contribution in [3.05, 3.63) is 82.7 Å². The predicted octanol–water partition coefficient (Wildman–Crippen LogP) is 6.97. The van der Waals surface area contributed by atoms with Crippen LogP contribution in [0.2, 0.25) is 0 Å². The summed E-state index contributed by atoms with van der Waals surface area (Å²) >= 11 is 0. The minimum absolute atomic E-state index is 0.0172. The molecule has 4 aromatic carbocycles. The van der Waals surface area contributed by atoms with Crippen LogP contribution in [-0.2, 0) is 0 Å². The summed E-state index contributed by atoms with van der Waals surface area (Å²) in [5.41, 5.74) is 0.272. The zero-order chi connectivity index (χ0) is 19.5. The van der Waals surface area contributed by atoms with Gasteiger partial charge in [-0.2, -0.15) is 0 Å². The molecule has 27 heavy (non-hydrogen) atoms. The van der Waals surface area contributed by atoms with Gasteiger partial charge in [-0.05, 0) is 64.2 Å². The lowest BCUT2D eigenvalue weighted by Crippen LogP contribution is -2.05. The third-order valence-electron chi connectivity index (χ3n) is 4.99. The smallest absolute Gasteiger partial charge is 0.200 e. The van der Waals surface area contributed by atoms with Crippen LogP contribution in [-0.4, -0.2) is 0 Å². The van der Waals surface area contributed by atoms with E-state index in [2.05, 4.69) is 0 Å². The molecule has 136 valence electrons. The van der Waals surface area contributed by atoms with Crippen molar-refractivity contribution in [3.63, 3.8) is 0 Å². The maximum Gasteiger partial charge on any atom is 0.200 e. The first-order valence-electron chi connectivity index (χ1n) is 8.25. The van der Waals surface area contributed by atoms with Crippen LogP contribution in [0.25, 0.3) is 32.7 Å². The largest absolute Gasteiger partial charge is 0.203 e. The van der Waals surface area contributed by atoms with Gasteiger partial charge in [0.1, 0.15) is 0 Å². The Morgan fingerprint density at radius 1 is 0.556 bits per heavy atom. The summed E-state index contributed by atoms with van der Waals surface area (Å²) in [5, 5.41) is 2.81. The van der Waals surface area contributed by atoms with E-state index in [0.717, 1.165) is 10.8 Å². The first-order valence-corrected chi connectivity index (χ1v) is 8.25. The van der Waals surface area contributed by atoms with Crippen molar-refractivity contribution < 1.29 is 22.0 Å². The Bertz CT molecular complexity index is 1210. The zero-order valence-corrected chi connectivity index (χ0v) is 14.4. The Hall–Kier alpha value is -2.95. The number of aryl methyl sites for hydroxylation is 1. The standard InChI is InChI=1S/C22H13F5/c1-10-7-14-8-12-5-3-4-6-13(12)9-15(14)16(11(10)2)17-18(23)20(25)22(27)21(26)19(17)24/h3-9H,1-2H3. The molecule has 4 rings (SSSR count). The molecule has 0 aliphatic rings. The highest BCUT2D eigenvalue weighted by molar-refractivity contribution is 6.06. The van der Waals surface area contributed by atoms with E-state index in [9.17, 15) is 22.0 Å². The molecular formula is C22H13F5. The zero-order valence-electron chi connectivity index (χ0n) is 14.4. The van der Waals surface area contributed by atoms with Crippen LogP contribution in [0.5, 0.6) is 0 Å². The summed E-state index contributed by atoms with van der Waals surface area (Å²) < 4.78 is 70.2. The van der Waals surface area contributed by atoms with Gasteiger partial charge in [0.15, 0.2) is 23.3 Å². The highest BCUT2D eigenvalue weighted by Crippen LogP contribution is 2.40. The lowest BCUT2D eigenvalue weighted by atomic mass is 9.89. The number of hydrogen-bond donors (Lipinski definition) is 0. The maximum absolute atomic E-state index is 14.5. The molecule has 0 spiro atoms. The van der Waals surface area contributed by atoms with Crippen LogP contribution in [0.1, 0.15) is 11.1 Å². The van der Waals surface area contributed by atoms with Crippen molar-refractivity contribution in [2.45, 2.75) is 13.8 Å². The predicted molar refractivity (Wildman–Crippen MR) is 96.2 cm³/mol. The molecule has 0 aliphatic carbocycles. The second kappa shape index (κ2) is 6.05. The van der Waals surface area contributed by atoms with Gasteiger partial charge in [0.2, 0.25) is 5.82 Å². The number of hydrogen-bond acceptors (Lipinski definition) is 0. The summed E-state index contributed by atoms with van der Waals surface area (Å²) in [6.07, 6.45) is 0. The minimum atomic E-state index is -2.16. The topological polar surface area (TPSA) is 0 Å². The second-order valence-corrected chi connectivity index (χ2v) is 6.56. The summed E-state index contributed by atoms with van der Waals surface area (Å²) in [5.74, 6) is -9.70. The Balaban J connectivity index is 2.23. The Kier molecular flexibility index (Phi) is 3.91. The Morgan fingerprint density at radius 3 is 1.67 bits per heavy atom. The van der Waals surface area contributed by atoms with Gasteiger partial charge in [0.25, 0.3) is 0 Å². The van der Waals surface area contributed by atoms with Gasteiger partial charge in [-0.15, -0.1) is 0 Å².